The molecule has 1 aliphatic rings. The third-order valence-corrected chi connectivity index (χ3v) is 4.50. The van der Waals surface area contributed by atoms with Crippen LogP contribution in [0.3, 0.4) is 0 Å². The standard InChI is InChI=1S/C18H21ClN4O2/c1-25-16-8-7-13(19)9-15(16)23-18-20-10-12(11-21-18)17(24)22-14-5-3-2-4-6-14/h7-11,14H,2-6H2,1H3,(H,22,24)(H,20,21,23). The van der Waals surface area contributed by atoms with E-state index in [0.29, 0.717) is 28.0 Å². The van der Waals surface area contributed by atoms with E-state index in [1.807, 2.05) is 0 Å². The lowest BCUT2D eigenvalue weighted by atomic mass is 9.95. The number of nitrogens with one attached hydrogen (secondary N) is 2. The van der Waals surface area contributed by atoms with Gasteiger partial charge < -0.3 is 15.4 Å². The first-order valence-electron chi connectivity index (χ1n) is 8.39. The Morgan fingerprint density at radius 3 is 2.60 bits per heavy atom. The van der Waals surface area contributed by atoms with E-state index in [1.54, 1.807) is 25.3 Å². The van der Waals surface area contributed by atoms with Crippen LogP contribution >= 0.6 is 11.6 Å². The van der Waals surface area contributed by atoms with Gasteiger partial charge in [-0.1, -0.05) is 30.9 Å². The highest BCUT2D eigenvalue weighted by Crippen LogP contribution is 2.29. The molecule has 0 spiro atoms. The summed E-state index contributed by atoms with van der Waals surface area (Å²) < 4.78 is 5.28. The third-order valence-electron chi connectivity index (χ3n) is 4.26. The second kappa shape index (κ2) is 8.16. The van der Waals surface area contributed by atoms with Crippen molar-refractivity contribution in [3.05, 3.63) is 41.2 Å². The molecule has 7 heteroatoms. The van der Waals surface area contributed by atoms with Crippen LogP contribution in [0.5, 0.6) is 5.75 Å². The Bertz CT molecular complexity index is 730. The molecule has 1 aromatic carbocycles. The molecule has 0 atom stereocenters. The van der Waals surface area contributed by atoms with Gasteiger partial charge in [0.15, 0.2) is 0 Å². The lowest BCUT2D eigenvalue weighted by Gasteiger charge is -2.22. The zero-order chi connectivity index (χ0) is 17.6. The van der Waals surface area contributed by atoms with Gasteiger partial charge in [0.25, 0.3) is 5.91 Å². The maximum atomic E-state index is 12.3. The molecule has 2 N–H and O–H groups in total. The molecule has 0 saturated heterocycles. The first-order chi connectivity index (χ1) is 12.2. The van der Waals surface area contributed by atoms with Crippen molar-refractivity contribution in [2.75, 3.05) is 12.4 Å². The summed E-state index contributed by atoms with van der Waals surface area (Å²) in [6.07, 6.45) is 8.72. The van der Waals surface area contributed by atoms with Crippen LogP contribution < -0.4 is 15.4 Å². The molecule has 1 aliphatic carbocycles. The third kappa shape index (κ3) is 4.60. The van der Waals surface area contributed by atoms with Crippen molar-refractivity contribution in [3.63, 3.8) is 0 Å². The Labute approximate surface area is 152 Å². The molecule has 1 amide bonds. The van der Waals surface area contributed by atoms with Crippen molar-refractivity contribution < 1.29 is 9.53 Å². The van der Waals surface area contributed by atoms with E-state index in [2.05, 4.69) is 20.6 Å². The van der Waals surface area contributed by atoms with E-state index in [0.717, 1.165) is 12.8 Å². The quantitative estimate of drug-likeness (QED) is 0.844. The largest absolute Gasteiger partial charge is 0.495 e. The molecular weight excluding hydrogens is 340 g/mol. The van der Waals surface area contributed by atoms with Crippen LogP contribution in [0.25, 0.3) is 0 Å². The minimum Gasteiger partial charge on any atom is -0.495 e. The summed E-state index contributed by atoms with van der Waals surface area (Å²) in [6, 6.07) is 5.49. The molecule has 0 aliphatic heterocycles. The molecule has 3 rings (SSSR count). The van der Waals surface area contributed by atoms with E-state index < -0.39 is 0 Å². The average molecular weight is 361 g/mol. The molecule has 2 aromatic rings. The molecule has 25 heavy (non-hydrogen) atoms. The second-order valence-electron chi connectivity index (χ2n) is 6.07. The number of ether oxygens (including phenoxy) is 1. The van der Waals surface area contributed by atoms with Gasteiger partial charge in [-0.3, -0.25) is 4.79 Å². The summed E-state index contributed by atoms with van der Waals surface area (Å²) >= 11 is 6.01. The molecule has 1 saturated carbocycles. The Hall–Kier alpha value is -2.34. The van der Waals surface area contributed by atoms with E-state index in [4.69, 9.17) is 16.3 Å². The van der Waals surface area contributed by atoms with Crippen molar-refractivity contribution in [3.8, 4) is 5.75 Å². The van der Waals surface area contributed by atoms with Crippen LogP contribution in [0.1, 0.15) is 42.5 Å². The Balaban J connectivity index is 1.65. The number of aromatic nitrogens is 2. The van der Waals surface area contributed by atoms with E-state index >= 15 is 0 Å². The monoisotopic (exact) mass is 360 g/mol. The van der Waals surface area contributed by atoms with Crippen molar-refractivity contribution in [1.82, 2.24) is 15.3 Å². The van der Waals surface area contributed by atoms with Gasteiger partial charge in [0.05, 0.1) is 18.4 Å². The highest BCUT2D eigenvalue weighted by atomic mass is 35.5. The molecule has 6 nitrogen and oxygen atoms in total. The number of carbonyl (C=O) groups excluding carboxylic acids is 1. The number of halogens is 1. The van der Waals surface area contributed by atoms with Gasteiger partial charge in [0.2, 0.25) is 5.95 Å². The van der Waals surface area contributed by atoms with Crippen LogP contribution in [0.15, 0.2) is 30.6 Å². The summed E-state index contributed by atoms with van der Waals surface area (Å²) in [6.45, 7) is 0. The maximum Gasteiger partial charge on any atom is 0.254 e. The molecule has 1 heterocycles. The fraction of sp³-hybridized carbons (Fsp3) is 0.389. The van der Waals surface area contributed by atoms with Gasteiger partial charge in [-0.05, 0) is 31.0 Å². The topological polar surface area (TPSA) is 76.1 Å². The first-order valence-corrected chi connectivity index (χ1v) is 8.77. The van der Waals surface area contributed by atoms with Crippen molar-refractivity contribution >= 4 is 29.1 Å². The summed E-state index contributed by atoms with van der Waals surface area (Å²) in [4.78, 5) is 20.7. The molecular formula is C18H21ClN4O2. The number of amides is 1. The van der Waals surface area contributed by atoms with E-state index in [-0.39, 0.29) is 11.9 Å². The lowest BCUT2D eigenvalue weighted by Crippen LogP contribution is -2.36. The van der Waals surface area contributed by atoms with Crippen molar-refractivity contribution in [1.29, 1.82) is 0 Å². The number of carbonyl (C=O) groups is 1. The highest BCUT2D eigenvalue weighted by Gasteiger charge is 2.17. The first kappa shape index (κ1) is 17.5. The number of anilines is 2. The Morgan fingerprint density at radius 2 is 1.92 bits per heavy atom. The van der Waals surface area contributed by atoms with E-state index in [1.165, 1.54) is 31.7 Å². The summed E-state index contributed by atoms with van der Waals surface area (Å²) in [5.74, 6) is 0.876. The van der Waals surface area contributed by atoms with E-state index in [9.17, 15) is 4.79 Å². The van der Waals surface area contributed by atoms with Crippen LogP contribution in [-0.4, -0.2) is 29.0 Å². The van der Waals surface area contributed by atoms with Crippen LogP contribution in [0, 0.1) is 0 Å². The normalized spacial score (nSPS) is 14.8. The van der Waals surface area contributed by atoms with Crippen molar-refractivity contribution in [2.24, 2.45) is 0 Å². The Kier molecular flexibility index (Phi) is 5.71. The van der Waals surface area contributed by atoms with Gasteiger partial charge in [0, 0.05) is 23.5 Å². The Morgan fingerprint density at radius 1 is 1.20 bits per heavy atom. The molecule has 0 bridgehead atoms. The van der Waals surface area contributed by atoms with Gasteiger partial charge in [-0.2, -0.15) is 0 Å². The highest BCUT2D eigenvalue weighted by molar-refractivity contribution is 6.31. The number of benzene rings is 1. The molecule has 0 unspecified atom stereocenters. The fourth-order valence-electron chi connectivity index (χ4n) is 2.92. The number of rotatable bonds is 5. The van der Waals surface area contributed by atoms with Gasteiger partial charge in [-0.25, -0.2) is 9.97 Å². The number of hydrogen-bond acceptors (Lipinski definition) is 5. The molecule has 1 aromatic heterocycles. The molecule has 132 valence electrons. The maximum absolute atomic E-state index is 12.3. The zero-order valence-corrected chi connectivity index (χ0v) is 14.8. The molecule has 1 fully saturated rings. The number of nitrogens with zero attached hydrogens (tertiary/aromatic N) is 2. The smallest absolute Gasteiger partial charge is 0.254 e. The predicted molar refractivity (Wildman–Crippen MR) is 97.7 cm³/mol. The van der Waals surface area contributed by atoms with Gasteiger partial charge in [-0.15, -0.1) is 0 Å². The van der Waals surface area contributed by atoms with Gasteiger partial charge in [0.1, 0.15) is 5.75 Å². The summed E-state index contributed by atoms with van der Waals surface area (Å²) in [5, 5.41) is 6.68. The average Bonchev–Trinajstić information content (AvgIpc) is 2.63. The van der Waals surface area contributed by atoms with Crippen LogP contribution in [0.2, 0.25) is 5.02 Å². The van der Waals surface area contributed by atoms with Gasteiger partial charge >= 0.3 is 0 Å². The number of methoxy groups -OCH3 is 1. The predicted octanol–water partition coefficient (Wildman–Crippen LogP) is 3.94. The summed E-state index contributed by atoms with van der Waals surface area (Å²) in [7, 11) is 1.58. The SMILES string of the molecule is COc1ccc(Cl)cc1Nc1ncc(C(=O)NC2CCCCC2)cn1. The zero-order valence-electron chi connectivity index (χ0n) is 14.1. The minimum atomic E-state index is -0.126. The number of hydrogen-bond donors (Lipinski definition) is 2. The minimum absolute atomic E-state index is 0.126. The van der Waals surface area contributed by atoms with Crippen LogP contribution in [0.4, 0.5) is 11.6 Å². The van der Waals surface area contributed by atoms with Crippen LogP contribution in [-0.2, 0) is 0 Å². The second-order valence-corrected chi connectivity index (χ2v) is 6.51. The summed E-state index contributed by atoms with van der Waals surface area (Å²) in [5.41, 5.74) is 1.11. The molecule has 0 radical (unpaired) electrons. The fourth-order valence-corrected chi connectivity index (χ4v) is 3.10. The van der Waals surface area contributed by atoms with Crippen molar-refractivity contribution in [2.45, 2.75) is 38.1 Å². The lowest BCUT2D eigenvalue weighted by molar-refractivity contribution is 0.0927.